The Morgan fingerprint density at radius 3 is 2.82 bits per heavy atom. The molecule has 0 bridgehead atoms. The number of para-hydroxylation sites is 1. The zero-order valence-corrected chi connectivity index (χ0v) is 9.94. The molecule has 4 nitrogen and oxygen atoms in total. The standard InChI is InChI=1S/C12H12O4S/c1-2-3-8-17(13,14)16-12-9-10-6-4-5-7-11(10)15-12/h2,4-7,9H,1,3,8H2. The fourth-order valence-electron chi connectivity index (χ4n) is 1.39. The molecule has 0 spiro atoms. The fraction of sp³-hybridized carbons (Fsp3) is 0.167. The third-order valence-electron chi connectivity index (χ3n) is 2.18. The lowest BCUT2D eigenvalue weighted by molar-refractivity contribution is 0.397. The van der Waals surface area contributed by atoms with E-state index >= 15 is 0 Å². The van der Waals surface area contributed by atoms with Crippen molar-refractivity contribution >= 4 is 21.1 Å². The normalized spacial score (nSPS) is 11.5. The number of hydrogen-bond acceptors (Lipinski definition) is 4. The predicted octanol–water partition coefficient (Wildman–Crippen LogP) is 2.72. The van der Waals surface area contributed by atoms with Crippen LogP contribution < -0.4 is 4.18 Å². The molecule has 2 aromatic rings. The summed E-state index contributed by atoms with van der Waals surface area (Å²) in [5, 5.41) is 0.807. The summed E-state index contributed by atoms with van der Waals surface area (Å²) in [7, 11) is -3.61. The van der Waals surface area contributed by atoms with E-state index in [2.05, 4.69) is 6.58 Å². The van der Waals surface area contributed by atoms with Gasteiger partial charge in [0.1, 0.15) is 5.58 Å². The Morgan fingerprint density at radius 1 is 1.35 bits per heavy atom. The first-order chi connectivity index (χ1) is 8.11. The van der Waals surface area contributed by atoms with Gasteiger partial charge in [0, 0.05) is 11.5 Å². The van der Waals surface area contributed by atoms with E-state index in [4.69, 9.17) is 8.60 Å². The summed E-state index contributed by atoms with van der Waals surface area (Å²) in [4.78, 5) is 0. The lowest BCUT2D eigenvalue weighted by atomic mass is 10.3. The lowest BCUT2D eigenvalue weighted by Gasteiger charge is -2.01. The first-order valence-corrected chi connectivity index (χ1v) is 6.70. The minimum atomic E-state index is -3.61. The number of hydrogen-bond donors (Lipinski definition) is 0. The van der Waals surface area contributed by atoms with Crippen LogP contribution in [0.3, 0.4) is 0 Å². The van der Waals surface area contributed by atoms with Crippen LogP contribution in [0.25, 0.3) is 11.0 Å². The van der Waals surface area contributed by atoms with Gasteiger partial charge in [0.05, 0.1) is 5.75 Å². The summed E-state index contributed by atoms with van der Waals surface area (Å²) in [6, 6.07) is 8.77. The highest BCUT2D eigenvalue weighted by molar-refractivity contribution is 7.87. The Labute approximate surface area is 99.6 Å². The first-order valence-electron chi connectivity index (χ1n) is 5.12. The number of benzene rings is 1. The fourth-order valence-corrected chi connectivity index (χ4v) is 2.26. The van der Waals surface area contributed by atoms with Crippen LogP contribution in [0.15, 0.2) is 47.4 Å². The molecule has 1 aromatic heterocycles. The van der Waals surface area contributed by atoms with Crippen LogP contribution in [0, 0.1) is 0 Å². The molecule has 1 heterocycles. The van der Waals surface area contributed by atoms with E-state index in [1.54, 1.807) is 12.1 Å². The molecule has 0 aliphatic heterocycles. The van der Waals surface area contributed by atoms with Crippen LogP contribution in [0.5, 0.6) is 5.95 Å². The summed E-state index contributed by atoms with van der Waals surface area (Å²) in [5.41, 5.74) is 0.599. The summed E-state index contributed by atoms with van der Waals surface area (Å²) < 4.78 is 33.1. The Bertz CT molecular complexity index is 592. The molecule has 0 aliphatic carbocycles. The monoisotopic (exact) mass is 252 g/mol. The molecule has 0 saturated carbocycles. The van der Waals surface area contributed by atoms with E-state index < -0.39 is 10.1 Å². The maximum Gasteiger partial charge on any atom is 0.312 e. The average molecular weight is 252 g/mol. The molecular formula is C12H12O4S. The van der Waals surface area contributed by atoms with Gasteiger partial charge in [0.2, 0.25) is 0 Å². The van der Waals surface area contributed by atoms with E-state index in [0.29, 0.717) is 12.0 Å². The highest BCUT2D eigenvalue weighted by Gasteiger charge is 2.14. The molecule has 0 atom stereocenters. The summed E-state index contributed by atoms with van der Waals surface area (Å²) in [6.07, 6.45) is 1.88. The van der Waals surface area contributed by atoms with E-state index in [1.165, 1.54) is 6.08 Å². The molecule has 1 aromatic carbocycles. The molecule has 2 rings (SSSR count). The predicted molar refractivity (Wildman–Crippen MR) is 65.4 cm³/mol. The van der Waals surface area contributed by atoms with Gasteiger partial charge in [-0.1, -0.05) is 24.3 Å². The van der Waals surface area contributed by atoms with Gasteiger partial charge in [-0.2, -0.15) is 8.42 Å². The van der Waals surface area contributed by atoms with Gasteiger partial charge < -0.3 is 8.60 Å². The molecular weight excluding hydrogens is 240 g/mol. The molecule has 0 unspecified atom stereocenters. The SMILES string of the molecule is C=CCCS(=O)(=O)Oc1cc2ccccc2o1. The first kappa shape index (κ1) is 11.7. The minimum Gasteiger partial charge on any atom is -0.425 e. The van der Waals surface area contributed by atoms with Gasteiger partial charge in [-0.15, -0.1) is 6.58 Å². The Morgan fingerprint density at radius 2 is 2.12 bits per heavy atom. The number of allylic oxidation sites excluding steroid dienone is 1. The average Bonchev–Trinajstić information content (AvgIpc) is 2.67. The van der Waals surface area contributed by atoms with Gasteiger partial charge in [0.15, 0.2) is 0 Å². The molecule has 0 fully saturated rings. The van der Waals surface area contributed by atoms with Gasteiger partial charge in [0.25, 0.3) is 0 Å². The lowest BCUT2D eigenvalue weighted by Crippen LogP contribution is -2.12. The van der Waals surface area contributed by atoms with E-state index in [1.807, 2.05) is 18.2 Å². The summed E-state index contributed by atoms with van der Waals surface area (Å²) in [6.45, 7) is 3.46. The van der Waals surface area contributed by atoms with Gasteiger partial charge >= 0.3 is 16.1 Å². The zero-order valence-electron chi connectivity index (χ0n) is 9.13. The number of fused-ring (bicyclic) bond motifs is 1. The van der Waals surface area contributed by atoms with Gasteiger partial charge in [-0.3, -0.25) is 0 Å². The van der Waals surface area contributed by atoms with Crippen LogP contribution in [-0.2, 0) is 10.1 Å². The quantitative estimate of drug-likeness (QED) is 0.606. The van der Waals surface area contributed by atoms with Crippen molar-refractivity contribution in [2.45, 2.75) is 6.42 Å². The largest absolute Gasteiger partial charge is 0.425 e. The van der Waals surface area contributed by atoms with Crippen molar-refractivity contribution in [1.29, 1.82) is 0 Å². The minimum absolute atomic E-state index is 0.00439. The molecule has 0 aliphatic rings. The number of rotatable bonds is 5. The van der Waals surface area contributed by atoms with Crippen molar-refractivity contribution in [3.8, 4) is 5.95 Å². The van der Waals surface area contributed by atoms with Crippen molar-refractivity contribution in [1.82, 2.24) is 0 Å². The van der Waals surface area contributed by atoms with Crippen LogP contribution in [0.4, 0.5) is 0 Å². The smallest absolute Gasteiger partial charge is 0.312 e. The molecule has 90 valence electrons. The third kappa shape index (κ3) is 2.88. The molecule has 5 heteroatoms. The molecule has 0 amide bonds. The Hall–Kier alpha value is -1.75. The number of furan rings is 1. The van der Waals surface area contributed by atoms with E-state index in [9.17, 15) is 8.42 Å². The van der Waals surface area contributed by atoms with Crippen LogP contribution in [-0.4, -0.2) is 14.2 Å². The Balaban J connectivity index is 2.21. The van der Waals surface area contributed by atoms with Crippen molar-refractivity contribution in [3.63, 3.8) is 0 Å². The molecule has 0 radical (unpaired) electrons. The van der Waals surface area contributed by atoms with E-state index in [0.717, 1.165) is 5.39 Å². The maximum absolute atomic E-state index is 11.5. The van der Waals surface area contributed by atoms with Gasteiger partial charge in [-0.25, -0.2) is 0 Å². The van der Waals surface area contributed by atoms with Crippen molar-refractivity contribution < 1.29 is 17.0 Å². The second kappa shape index (κ2) is 4.63. The second-order valence-corrected chi connectivity index (χ2v) is 5.22. The molecule has 0 saturated heterocycles. The maximum atomic E-state index is 11.5. The molecule has 17 heavy (non-hydrogen) atoms. The highest BCUT2D eigenvalue weighted by atomic mass is 32.2. The van der Waals surface area contributed by atoms with Crippen LogP contribution in [0.2, 0.25) is 0 Å². The summed E-state index contributed by atoms with van der Waals surface area (Å²) >= 11 is 0. The summed E-state index contributed by atoms with van der Waals surface area (Å²) in [5.74, 6) is -0.108. The Kier molecular flexibility index (Phi) is 3.19. The van der Waals surface area contributed by atoms with Gasteiger partial charge in [-0.05, 0) is 12.5 Å². The van der Waals surface area contributed by atoms with Crippen LogP contribution in [0.1, 0.15) is 6.42 Å². The highest BCUT2D eigenvalue weighted by Crippen LogP contribution is 2.25. The van der Waals surface area contributed by atoms with Crippen molar-refractivity contribution in [3.05, 3.63) is 43.0 Å². The third-order valence-corrected chi connectivity index (χ3v) is 3.34. The van der Waals surface area contributed by atoms with Crippen LogP contribution >= 0.6 is 0 Å². The van der Waals surface area contributed by atoms with Crippen molar-refractivity contribution in [2.75, 3.05) is 5.75 Å². The van der Waals surface area contributed by atoms with Crippen molar-refractivity contribution in [2.24, 2.45) is 0 Å². The topological polar surface area (TPSA) is 56.5 Å². The second-order valence-electron chi connectivity index (χ2n) is 3.53. The molecule has 0 N–H and O–H groups in total. The zero-order chi connectivity index (χ0) is 12.3. The van der Waals surface area contributed by atoms with E-state index in [-0.39, 0.29) is 11.7 Å².